The monoisotopic (exact) mass is 314 g/mol. The Bertz CT molecular complexity index is 706. The fourth-order valence-electron chi connectivity index (χ4n) is 1.98. The van der Waals surface area contributed by atoms with Crippen molar-refractivity contribution < 1.29 is 29.0 Å². The molecule has 0 radical (unpaired) electrons. The van der Waals surface area contributed by atoms with E-state index in [2.05, 4.69) is 4.74 Å². The van der Waals surface area contributed by atoms with Crippen LogP contribution in [0.15, 0.2) is 54.6 Å². The summed E-state index contributed by atoms with van der Waals surface area (Å²) in [5.74, 6) is -4.00. The summed E-state index contributed by atoms with van der Waals surface area (Å²) in [6.07, 6.45) is 0. The third-order valence-electron chi connectivity index (χ3n) is 3.11. The van der Waals surface area contributed by atoms with Crippen LogP contribution in [0.3, 0.4) is 0 Å². The molecule has 0 aliphatic carbocycles. The van der Waals surface area contributed by atoms with E-state index < -0.39 is 23.8 Å². The van der Waals surface area contributed by atoms with Crippen molar-refractivity contribution in [3.63, 3.8) is 0 Å². The summed E-state index contributed by atoms with van der Waals surface area (Å²) < 4.78 is 9.65. The number of carbonyl (C=O) groups is 3. The number of carbonyl (C=O) groups excluding carboxylic acids is 2. The maximum atomic E-state index is 12.1. The van der Waals surface area contributed by atoms with Gasteiger partial charge in [-0.3, -0.25) is 9.59 Å². The molecule has 0 heterocycles. The fourth-order valence-corrected chi connectivity index (χ4v) is 1.98. The van der Waals surface area contributed by atoms with Crippen LogP contribution in [0.1, 0.15) is 21.8 Å². The van der Waals surface area contributed by atoms with Crippen LogP contribution >= 0.6 is 0 Å². The van der Waals surface area contributed by atoms with Crippen molar-refractivity contribution in [3.05, 3.63) is 65.7 Å². The fraction of sp³-hybridized carbons (Fsp3) is 0.118. The van der Waals surface area contributed by atoms with E-state index in [1.54, 1.807) is 30.3 Å². The lowest BCUT2D eigenvalue weighted by molar-refractivity contribution is -0.148. The van der Waals surface area contributed by atoms with Crippen LogP contribution in [0.5, 0.6) is 5.75 Å². The molecule has 2 aromatic rings. The van der Waals surface area contributed by atoms with Gasteiger partial charge in [0, 0.05) is 0 Å². The molecule has 6 heteroatoms. The first kappa shape index (κ1) is 16.2. The normalized spacial score (nSPS) is 11.3. The number of benzene rings is 2. The van der Waals surface area contributed by atoms with E-state index in [0.717, 1.165) is 0 Å². The average Bonchev–Trinajstić information content (AvgIpc) is 2.55. The highest BCUT2D eigenvalue weighted by molar-refractivity contribution is 6.00. The average molecular weight is 314 g/mol. The van der Waals surface area contributed by atoms with E-state index in [1.807, 2.05) is 0 Å². The predicted molar refractivity (Wildman–Crippen MR) is 80.2 cm³/mol. The lowest BCUT2D eigenvalue weighted by atomic mass is 10.00. The molecule has 0 aliphatic rings. The highest BCUT2D eigenvalue weighted by atomic mass is 16.5. The number of carboxylic acid groups (broad SMARTS) is 1. The zero-order valence-corrected chi connectivity index (χ0v) is 12.3. The summed E-state index contributed by atoms with van der Waals surface area (Å²) >= 11 is 0. The van der Waals surface area contributed by atoms with Gasteiger partial charge < -0.3 is 14.6 Å². The van der Waals surface area contributed by atoms with Crippen LogP contribution in [-0.2, 0) is 14.3 Å². The number of aliphatic carboxylic acids is 1. The molecular weight excluding hydrogens is 300 g/mol. The van der Waals surface area contributed by atoms with E-state index >= 15 is 0 Å². The van der Waals surface area contributed by atoms with Gasteiger partial charge in [-0.25, -0.2) is 4.79 Å². The number of ether oxygens (including phenoxy) is 2. The number of methoxy groups -OCH3 is 1. The Morgan fingerprint density at radius 1 is 0.957 bits per heavy atom. The number of hydrogen-bond donors (Lipinski definition) is 1. The Morgan fingerprint density at radius 3 is 2.09 bits per heavy atom. The number of hydrogen-bond acceptors (Lipinski definition) is 5. The van der Waals surface area contributed by atoms with Gasteiger partial charge >= 0.3 is 17.9 Å². The Balaban J connectivity index is 2.16. The molecule has 0 spiro atoms. The van der Waals surface area contributed by atoms with E-state index in [1.165, 1.54) is 31.4 Å². The maximum absolute atomic E-state index is 12.1. The second-order valence-corrected chi connectivity index (χ2v) is 4.62. The predicted octanol–water partition coefficient (Wildman–Crippen LogP) is 2.25. The number of carboxylic acids is 1. The molecule has 2 rings (SSSR count). The maximum Gasteiger partial charge on any atom is 0.337 e. The first-order valence-electron chi connectivity index (χ1n) is 6.70. The largest absolute Gasteiger partial charge is 0.480 e. The van der Waals surface area contributed by atoms with Crippen LogP contribution in [-0.4, -0.2) is 30.1 Å². The molecule has 0 fully saturated rings. The summed E-state index contributed by atoms with van der Waals surface area (Å²) in [5.41, 5.74) is 0.626. The lowest BCUT2D eigenvalue weighted by Crippen LogP contribution is -2.26. The lowest BCUT2D eigenvalue weighted by Gasteiger charge is -2.12. The van der Waals surface area contributed by atoms with Gasteiger partial charge in [0.1, 0.15) is 5.75 Å². The smallest absolute Gasteiger partial charge is 0.337 e. The minimum atomic E-state index is -1.42. The molecule has 23 heavy (non-hydrogen) atoms. The molecule has 118 valence electrons. The van der Waals surface area contributed by atoms with Gasteiger partial charge in [0.15, 0.2) is 5.92 Å². The highest BCUT2D eigenvalue weighted by Crippen LogP contribution is 2.20. The standard InChI is InChI=1S/C17H14O6/c1-22-16(20)12-7-9-13(10-8-12)23-17(21)14(15(18)19)11-5-3-2-4-6-11/h2-10,14H,1H3,(H,18,19). The van der Waals surface area contributed by atoms with Crippen LogP contribution in [0.25, 0.3) is 0 Å². The molecule has 6 nitrogen and oxygen atoms in total. The van der Waals surface area contributed by atoms with Crippen molar-refractivity contribution in [2.45, 2.75) is 5.92 Å². The SMILES string of the molecule is COC(=O)c1ccc(OC(=O)C(C(=O)O)c2ccccc2)cc1. The molecule has 0 aromatic heterocycles. The summed E-state index contributed by atoms with van der Waals surface area (Å²) in [6.45, 7) is 0. The molecule has 0 bridgehead atoms. The second kappa shape index (κ2) is 7.22. The third-order valence-corrected chi connectivity index (χ3v) is 3.11. The van der Waals surface area contributed by atoms with Gasteiger partial charge in [0.05, 0.1) is 12.7 Å². The van der Waals surface area contributed by atoms with Gasteiger partial charge in [-0.2, -0.15) is 0 Å². The molecule has 0 aliphatic heterocycles. The zero-order chi connectivity index (χ0) is 16.8. The minimum Gasteiger partial charge on any atom is -0.480 e. The first-order chi connectivity index (χ1) is 11.0. The highest BCUT2D eigenvalue weighted by Gasteiger charge is 2.30. The molecule has 2 aromatic carbocycles. The quantitative estimate of drug-likeness (QED) is 0.517. The van der Waals surface area contributed by atoms with Gasteiger partial charge in [-0.15, -0.1) is 0 Å². The summed E-state index contributed by atoms with van der Waals surface area (Å²) in [7, 11) is 1.26. The van der Waals surface area contributed by atoms with Gasteiger partial charge in [-0.1, -0.05) is 30.3 Å². The van der Waals surface area contributed by atoms with Crippen LogP contribution in [0.4, 0.5) is 0 Å². The van der Waals surface area contributed by atoms with E-state index in [9.17, 15) is 19.5 Å². The number of rotatable bonds is 5. The Hall–Kier alpha value is -3.15. The van der Waals surface area contributed by atoms with Crippen molar-refractivity contribution >= 4 is 17.9 Å². The first-order valence-corrected chi connectivity index (χ1v) is 6.70. The van der Waals surface area contributed by atoms with E-state index in [4.69, 9.17) is 4.74 Å². The van der Waals surface area contributed by atoms with Gasteiger partial charge in [0.2, 0.25) is 0 Å². The number of esters is 2. The zero-order valence-electron chi connectivity index (χ0n) is 12.3. The van der Waals surface area contributed by atoms with E-state index in [-0.39, 0.29) is 5.75 Å². The molecule has 1 N–H and O–H groups in total. The summed E-state index contributed by atoms with van der Waals surface area (Å²) in [5, 5.41) is 9.26. The van der Waals surface area contributed by atoms with Gasteiger partial charge in [-0.05, 0) is 29.8 Å². The Morgan fingerprint density at radius 2 is 1.57 bits per heavy atom. The van der Waals surface area contributed by atoms with Gasteiger partial charge in [0.25, 0.3) is 0 Å². The summed E-state index contributed by atoms with van der Waals surface area (Å²) in [4.78, 5) is 34.8. The molecule has 0 saturated heterocycles. The Labute approximate surface area is 132 Å². The second-order valence-electron chi connectivity index (χ2n) is 4.62. The molecule has 0 amide bonds. The third kappa shape index (κ3) is 3.94. The molecular formula is C17H14O6. The van der Waals surface area contributed by atoms with Crippen molar-refractivity contribution in [1.29, 1.82) is 0 Å². The molecule has 1 atom stereocenters. The van der Waals surface area contributed by atoms with Crippen molar-refractivity contribution in [2.24, 2.45) is 0 Å². The minimum absolute atomic E-state index is 0.143. The molecule has 0 saturated carbocycles. The Kier molecular flexibility index (Phi) is 5.09. The van der Waals surface area contributed by atoms with Crippen LogP contribution < -0.4 is 4.74 Å². The van der Waals surface area contributed by atoms with Crippen LogP contribution in [0.2, 0.25) is 0 Å². The van der Waals surface area contributed by atoms with Crippen molar-refractivity contribution in [3.8, 4) is 5.75 Å². The summed E-state index contributed by atoms with van der Waals surface area (Å²) in [6, 6.07) is 13.7. The van der Waals surface area contributed by atoms with Crippen molar-refractivity contribution in [2.75, 3.05) is 7.11 Å². The van der Waals surface area contributed by atoms with Crippen molar-refractivity contribution in [1.82, 2.24) is 0 Å². The topological polar surface area (TPSA) is 89.9 Å². The molecule has 1 unspecified atom stereocenters. The van der Waals surface area contributed by atoms with E-state index in [0.29, 0.717) is 11.1 Å². The van der Waals surface area contributed by atoms with Crippen LogP contribution in [0, 0.1) is 0 Å².